The second-order valence-electron chi connectivity index (χ2n) is 5.40. The van der Waals surface area contributed by atoms with E-state index in [1.165, 1.54) is 19.1 Å². The van der Waals surface area contributed by atoms with Crippen molar-refractivity contribution in [2.45, 2.75) is 26.3 Å². The van der Waals surface area contributed by atoms with Crippen LogP contribution in [0, 0.1) is 12.7 Å². The Kier molecular flexibility index (Phi) is 5.46. The zero-order chi connectivity index (χ0) is 16.8. The van der Waals surface area contributed by atoms with Crippen molar-refractivity contribution in [3.63, 3.8) is 0 Å². The summed E-state index contributed by atoms with van der Waals surface area (Å²) >= 11 is 0. The van der Waals surface area contributed by atoms with Crippen LogP contribution < -0.4 is 10.6 Å². The normalized spacial score (nSPS) is 11.6. The van der Waals surface area contributed by atoms with Crippen molar-refractivity contribution < 1.29 is 14.0 Å². The van der Waals surface area contributed by atoms with E-state index in [1.807, 2.05) is 30.3 Å². The Bertz CT molecular complexity index is 701. The van der Waals surface area contributed by atoms with E-state index < -0.39 is 11.9 Å². The van der Waals surface area contributed by atoms with Gasteiger partial charge in [0.1, 0.15) is 5.82 Å². The SMILES string of the molecule is CC(=O)NC(CC(=O)Nc1ccc(C)cc1F)c1ccccc1. The maximum absolute atomic E-state index is 13.8. The summed E-state index contributed by atoms with van der Waals surface area (Å²) in [5.41, 5.74) is 1.73. The van der Waals surface area contributed by atoms with Crippen LogP contribution in [-0.4, -0.2) is 11.8 Å². The van der Waals surface area contributed by atoms with Crippen molar-refractivity contribution >= 4 is 17.5 Å². The van der Waals surface area contributed by atoms with E-state index in [1.54, 1.807) is 13.0 Å². The summed E-state index contributed by atoms with van der Waals surface area (Å²) in [6.45, 7) is 3.17. The number of aryl methyl sites for hydroxylation is 1. The fourth-order valence-corrected chi connectivity index (χ4v) is 2.29. The average Bonchev–Trinajstić information content (AvgIpc) is 2.50. The summed E-state index contributed by atoms with van der Waals surface area (Å²) in [6.07, 6.45) is 0.0247. The Morgan fingerprint density at radius 2 is 1.83 bits per heavy atom. The molecule has 0 bridgehead atoms. The number of nitrogens with one attached hydrogen (secondary N) is 2. The minimum absolute atomic E-state index is 0.0247. The Hall–Kier alpha value is -2.69. The van der Waals surface area contributed by atoms with Crippen molar-refractivity contribution in [2.24, 2.45) is 0 Å². The highest BCUT2D eigenvalue weighted by atomic mass is 19.1. The number of anilines is 1. The molecule has 0 saturated carbocycles. The zero-order valence-corrected chi connectivity index (χ0v) is 13.1. The first-order valence-corrected chi connectivity index (χ1v) is 7.34. The van der Waals surface area contributed by atoms with Gasteiger partial charge in [0, 0.05) is 6.92 Å². The molecule has 23 heavy (non-hydrogen) atoms. The molecule has 0 fully saturated rings. The largest absolute Gasteiger partial charge is 0.349 e. The van der Waals surface area contributed by atoms with Gasteiger partial charge in [0.15, 0.2) is 0 Å². The molecule has 0 saturated heterocycles. The first-order chi connectivity index (χ1) is 11.0. The van der Waals surface area contributed by atoms with Crippen LogP contribution in [0.25, 0.3) is 0 Å². The summed E-state index contributed by atoms with van der Waals surface area (Å²) in [6, 6.07) is 13.3. The van der Waals surface area contributed by atoms with Crippen LogP contribution in [0.4, 0.5) is 10.1 Å². The molecule has 1 atom stereocenters. The second kappa shape index (κ2) is 7.54. The molecule has 120 valence electrons. The van der Waals surface area contributed by atoms with Crippen molar-refractivity contribution in [3.05, 3.63) is 65.5 Å². The molecule has 0 aliphatic heterocycles. The fourth-order valence-electron chi connectivity index (χ4n) is 2.29. The molecule has 2 amide bonds. The monoisotopic (exact) mass is 314 g/mol. The van der Waals surface area contributed by atoms with Gasteiger partial charge in [-0.3, -0.25) is 9.59 Å². The molecule has 2 aromatic carbocycles. The van der Waals surface area contributed by atoms with Gasteiger partial charge in [-0.05, 0) is 30.2 Å². The molecular weight excluding hydrogens is 295 g/mol. The highest BCUT2D eigenvalue weighted by Crippen LogP contribution is 2.19. The lowest BCUT2D eigenvalue weighted by molar-refractivity contribution is -0.120. The Morgan fingerprint density at radius 1 is 1.13 bits per heavy atom. The quantitative estimate of drug-likeness (QED) is 0.889. The highest BCUT2D eigenvalue weighted by molar-refractivity contribution is 5.91. The number of hydrogen-bond acceptors (Lipinski definition) is 2. The molecule has 2 N–H and O–H groups in total. The molecule has 0 aliphatic carbocycles. The summed E-state index contributed by atoms with van der Waals surface area (Å²) in [7, 11) is 0. The number of rotatable bonds is 5. The van der Waals surface area contributed by atoms with Gasteiger partial charge < -0.3 is 10.6 Å². The number of halogens is 1. The topological polar surface area (TPSA) is 58.2 Å². The molecule has 0 spiro atoms. The van der Waals surface area contributed by atoms with Gasteiger partial charge in [-0.15, -0.1) is 0 Å². The lowest BCUT2D eigenvalue weighted by Gasteiger charge is -2.18. The number of carbonyl (C=O) groups excluding carboxylic acids is 2. The van der Waals surface area contributed by atoms with E-state index in [4.69, 9.17) is 0 Å². The Labute approximate surface area is 134 Å². The highest BCUT2D eigenvalue weighted by Gasteiger charge is 2.17. The molecule has 1 unspecified atom stereocenters. The molecule has 0 heterocycles. The third-order valence-electron chi connectivity index (χ3n) is 3.37. The number of benzene rings is 2. The number of hydrogen-bond donors (Lipinski definition) is 2. The van der Waals surface area contributed by atoms with Crippen molar-refractivity contribution in [1.29, 1.82) is 0 Å². The molecule has 4 nitrogen and oxygen atoms in total. The molecule has 0 aromatic heterocycles. The van der Waals surface area contributed by atoms with Gasteiger partial charge in [0.2, 0.25) is 11.8 Å². The average molecular weight is 314 g/mol. The first-order valence-electron chi connectivity index (χ1n) is 7.34. The first kappa shape index (κ1) is 16.7. The third-order valence-corrected chi connectivity index (χ3v) is 3.37. The van der Waals surface area contributed by atoms with E-state index in [0.29, 0.717) is 0 Å². The number of amides is 2. The van der Waals surface area contributed by atoms with Crippen LogP contribution in [0.15, 0.2) is 48.5 Å². The van der Waals surface area contributed by atoms with Gasteiger partial charge in [-0.1, -0.05) is 36.4 Å². The van der Waals surface area contributed by atoms with Crippen molar-refractivity contribution in [2.75, 3.05) is 5.32 Å². The lowest BCUT2D eigenvalue weighted by Crippen LogP contribution is -2.29. The van der Waals surface area contributed by atoms with E-state index in [0.717, 1.165) is 11.1 Å². The zero-order valence-electron chi connectivity index (χ0n) is 13.1. The molecule has 5 heteroatoms. The van der Waals surface area contributed by atoms with E-state index >= 15 is 0 Å². The van der Waals surface area contributed by atoms with Gasteiger partial charge in [0.05, 0.1) is 18.2 Å². The maximum atomic E-state index is 13.8. The standard InChI is InChI=1S/C18H19FN2O2/c1-12-8-9-16(15(19)10-12)21-18(23)11-17(20-13(2)22)14-6-4-3-5-7-14/h3-10,17H,11H2,1-2H3,(H,20,22)(H,21,23). The third kappa shape index (κ3) is 4.92. The summed E-state index contributed by atoms with van der Waals surface area (Å²) in [5.74, 6) is -1.07. The van der Waals surface area contributed by atoms with Crippen LogP contribution in [0.5, 0.6) is 0 Å². The Balaban J connectivity index is 2.09. The number of carbonyl (C=O) groups is 2. The molecule has 2 rings (SSSR count). The van der Waals surface area contributed by atoms with E-state index in [2.05, 4.69) is 10.6 Å². The fraction of sp³-hybridized carbons (Fsp3) is 0.222. The van der Waals surface area contributed by atoms with Gasteiger partial charge in [-0.2, -0.15) is 0 Å². The summed E-state index contributed by atoms with van der Waals surface area (Å²) < 4.78 is 13.8. The van der Waals surface area contributed by atoms with Gasteiger partial charge >= 0.3 is 0 Å². The van der Waals surface area contributed by atoms with Gasteiger partial charge in [-0.25, -0.2) is 4.39 Å². The second-order valence-corrected chi connectivity index (χ2v) is 5.40. The van der Waals surface area contributed by atoms with Crippen LogP contribution in [0.2, 0.25) is 0 Å². The van der Waals surface area contributed by atoms with Crippen LogP contribution >= 0.6 is 0 Å². The summed E-state index contributed by atoms with van der Waals surface area (Å²) in [5, 5.41) is 5.29. The molecular formula is C18H19FN2O2. The van der Waals surface area contributed by atoms with E-state index in [-0.39, 0.29) is 23.9 Å². The maximum Gasteiger partial charge on any atom is 0.226 e. The Morgan fingerprint density at radius 3 is 2.43 bits per heavy atom. The molecule has 0 aliphatic rings. The minimum Gasteiger partial charge on any atom is -0.349 e. The van der Waals surface area contributed by atoms with E-state index in [9.17, 15) is 14.0 Å². The predicted octanol–water partition coefficient (Wildman–Crippen LogP) is 3.34. The molecule has 0 radical (unpaired) electrons. The smallest absolute Gasteiger partial charge is 0.226 e. The van der Waals surface area contributed by atoms with Crippen LogP contribution in [0.3, 0.4) is 0 Å². The van der Waals surface area contributed by atoms with Crippen molar-refractivity contribution in [3.8, 4) is 0 Å². The lowest BCUT2D eigenvalue weighted by atomic mass is 10.0. The molecule has 2 aromatic rings. The van der Waals surface area contributed by atoms with Crippen LogP contribution in [0.1, 0.15) is 30.5 Å². The minimum atomic E-state index is -0.478. The predicted molar refractivity (Wildman–Crippen MR) is 87.4 cm³/mol. The summed E-state index contributed by atoms with van der Waals surface area (Å²) in [4.78, 5) is 23.5. The van der Waals surface area contributed by atoms with Crippen molar-refractivity contribution in [1.82, 2.24) is 5.32 Å². The van der Waals surface area contributed by atoms with Crippen LogP contribution in [-0.2, 0) is 9.59 Å². The van der Waals surface area contributed by atoms with Gasteiger partial charge in [0.25, 0.3) is 0 Å².